The van der Waals surface area contributed by atoms with Gasteiger partial charge in [0.25, 0.3) is 5.91 Å². The van der Waals surface area contributed by atoms with Gasteiger partial charge >= 0.3 is 0 Å². The van der Waals surface area contributed by atoms with Crippen LogP contribution < -0.4 is 14.8 Å². The fraction of sp³-hybridized carbons (Fsp3) is 0.143. The first-order valence-electron chi connectivity index (χ1n) is 9.07. The Hall–Kier alpha value is -3.72. The Morgan fingerprint density at radius 1 is 1.10 bits per heavy atom. The molecule has 0 spiro atoms. The summed E-state index contributed by atoms with van der Waals surface area (Å²) in [6.45, 7) is 1.98. The van der Waals surface area contributed by atoms with Crippen LogP contribution in [0.15, 0.2) is 54.7 Å². The van der Waals surface area contributed by atoms with Crippen molar-refractivity contribution in [1.29, 1.82) is 0 Å². The number of hydrogen-bond donors (Lipinski definition) is 1. The maximum absolute atomic E-state index is 12.6. The molecule has 0 atom stereocenters. The molecule has 0 radical (unpaired) electrons. The van der Waals surface area contributed by atoms with Gasteiger partial charge in [0, 0.05) is 23.3 Å². The van der Waals surface area contributed by atoms with E-state index in [1.54, 1.807) is 31.2 Å². The van der Waals surface area contributed by atoms with Crippen molar-refractivity contribution >= 4 is 22.6 Å². The molecule has 0 bridgehead atoms. The van der Waals surface area contributed by atoms with E-state index in [1.165, 1.54) is 0 Å². The van der Waals surface area contributed by atoms with Crippen molar-refractivity contribution < 1.29 is 14.3 Å². The van der Waals surface area contributed by atoms with Crippen LogP contribution in [0.3, 0.4) is 0 Å². The van der Waals surface area contributed by atoms with Gasteiger partial charge < -0.3 is 9.47 Å². The molecule has 0 unspecified atom stereocenters. The molecule has 8 nitrogen and oxygen atoms in total. The van der Waals surface area contributed by atoms with Gasteiger partial charge in [0.15, 0.2) is 11.5 Å². The Labute approximate surface area is 177 Å². The lowest BCUT2D eigenvalue weighted by atomic mass is 10.2. The van der Waals surface area contributed by atoms with Crippen LogP contribution >= 0.6 is 11.5 Å². The number of carbonyl (C=O) groups excluding carboxylic acids is 1. The number of amides is 1. The maximum Gasteiger partial charge on any atom is 0.277 e. The van der Waals surface area contributed by atoms with Gasteiger partial charge in [-0.25, -0.2) is 4.68 Å². The molecule has 0 aliphatic carbocycles. The number of rotatable bonds is 6. The maximum atomic E-state index is 12.6. The number of aromatic nitrogens is 4. The fourth-order valence-electron chi connectivity index (χ4n) is 2.87. The Bertz CT molecular complexity index is 1200. The average Bonchev–Trinajstić information content (AvgIpc) is 3.44. The Kier molecular flexibility index (Phi) is 5.44. The van der Waals surface area contributed by atoms with Gasteiger partial charge in [0.2, 0.25) is 5.13 Å². The van der Waals surface area contributed by atoms with Gasteiger partial charge in [0.1, 0.15) is 17.2 Å². The quantitative estimate of drug-likeness (QED) is 0.507. The van der Waals surface area contributed by atoms with Crippen molar-refractivity contribution in [3.8, 4) is 28.6 Å². The lowest BCUT2D eigenvalue weighted by Crippen LogP contribution is -2.13. The Morgan fingerprint density at radius 3 is 2.77 bits per heavy atom. The van der Waals surface area contributed by atoms with Gasteiger partial charge in [-0.3, -0.25) is 10.1 Å². The number of hydrogen-bond acceptors (Lipinski definition) is 7. The molecule has 2 heterocycles. The van der Waals surface area contributed by atoms with E-state index >= 15 is 0 Å². The zero-order chi connectivity index (χ0) is 21.1. The van der Waals surface area contributed by atoms with Gasteiger partial charge in [-0.05, 0) is 42.8 Å². The van der Waals surface area contributed by atoms with Gasteiger partial charge in [-0.2, -0.15) is 14.5 Å². The highest BCUT2D eigenvalue weighted by molar-refractivity contribution is 7.10. The van der Waals surface area contributed by atoms with Crippen LogP contribution in [-0.4, -0.2) is 39.3 Å². The molecule has 152 valence electrons. The summed E-state index contributed by atoms with van der Waals surface area (Å²) in [5.41, 5.74) is 2.89. The summed E-state index contributed by atoms with van der Waals surface area (Å²) < 4.78 is 16.5. The van der Waals surface area contributed by atoms with Crippen molar-refractivity contribution in [1.82, 2.24) is 19.1 Å². The van der Waals surface area contributed by atoms with E-state index in [-0.39, 0.29) is 11.6 Å². The van der Waals surface area contributed by atoms with Crippen LogP contribution in [0.4, 0.5) is 5.13 Å². The third-order valence-electron chi connectivity index (χ3n) is 4.38. The van der Waals surface area contributed by atoms with E-state index in [1.807, 2.05) is 49.4 Å². The lowest BCUT2D eigenvalue weighted by molar-refractivity contribution is 0.102. The minimum atomic E-state index is -0.367. The third-order valence-corrected chi connectivity index (χ3v) is 5.01. The highest BCUT2D eigenvalue weighted by Gasteiger charge is 2.15. The number of ether oxygens (including phenoxy) is 2. The largest absolute Gasteiger partial charge is 0.497 e. The van der Waals surface area contributed by atoms with Gasteiger partial charge in [0.05, 0.1) is 14.2 Å². The third kappa shape index (κ3) is 4.01. The molecular formula is C21H19N5O3S. The number of carbonyl (C=O) groups is 1. The molecule has 0 fully saturated rings. The van der Waals surface area contributed by atoms with Crippen molar-refractivity contribution in [3.63, 3.8) is 0 Å². The van der Waals surface area contributed by atoms with Crippen LogP contribution in [0, 0.1) is 6.92 Å². The summed E-state index contributed by atoms with van der Waals surface area (Å²) in [4.78, 5) is 17.0. The summed E-state index contributed by atoms with van der Waals surface area (Å²) in [6, 6.07) is 14.8. The molecule has 9 heteroatoms. The summed E-state index contributed by atoms with van der Waals surface area (Å²) in [5.74, 6) is 1.53. The summed E-state index contributed by atoms with van der Waals surface area (Å²) in [6.07, 6.45) is 1.72. The number of anilines is 1. The van der Waals surface area contributed by atoms with Crippen molar-refractivity contribution in [2.45, 2.75) is 6.92 Å². The SMILES string of the molecule is COc1cccc(-c2nsc(NC(=O)c3ccn(-c4cc(C)ccc4OC)n3)n2)c1. The predicted octanol–water partition coefficient (Wildman–Crippen LogP) is 3.97. The topological polar surface area (TPSA) is 91.2 Å². The summed E-state index contributed by atoms with van der Waals surface area (Å²) >= 11 is 1.10. The zero-order valence-electron chi connectivity index (χ0n) is 16.6. The van der Waals surface area contributed by atoms with Crippen LogP contribution in [0.25, 0.3) is 17.1 Å². The molecular weight excluding hydrogens is 402 g/mol. The lowest BCUT2D eigenvalue weighted by Gasteiger charge is -2.09. The average molecular weight is 421 g/mol. The fourth-order valence-corrected chi connectivity index (χ4v) is 3.46. The zero-order valence-corrected chi connectivity index (χ0v) is 17.4. The molecule has 1 N–H and O–H groups in total. The Morgan fingerprint density at radius 2 is 1.97 bits per heavy atom. The minimum Gasteiger partial charge on any atom is -0.497 e. The van der Waals surface area contributed by atoms with E-state index in [4.69, 9.17) is 9.47 Å². The second-order valence-electron chi connectivity index (χ2n) is 6.43. The molecule has 4 aromatic rings. The highest BCUT2D eigenvalue weighted by atomic mass is 32.1. The monoisotopic (exact) mass is 421 g/mol. The minimum absolute atomic E-state index is 0.261. The summed E-state index contributed by atoms with van der Waals surface area (Å²) in [7, 11) is 3.20. The molecule has 0 saturated carbocycles. The Balaban J connectivity index is 1.52. The predicted molar refractivity (Wildman–Crippen MR) is 115 cm³/mol. The van der Waals surface area contributed by atoms with Crippen LogP contribution in [-0.2, 0) is 0 Å². The first-order valence-corrected chi connectivity index (χ1v) is 9.85. The molecule has 30 heavy (non-hydrogen) atoms. The first kappa shape index (κ1) is 19.6. The first-order chi connectivity index (χ1) is 14.6. The van der Waals surface area contributed by atoms with Crippen LogP contribution in [0.2, 0.25) is 0 Å². The molecule has 0 aliphatic rings. The molecule has 4 rings (SSSR count). The van der Waals surface area contributed by atoms with E-state index in [0.717, 1.165) is 28.3 Å². The van der Waals surface area contributed by atoms with E-state index in [0.29, 0.717) is 22.5 Å². The number of nitrogens with zero attached hydrogens (tertiary/aromatic N) is 4. The molecule has 0 aliphatic heterocycles. The molecule has 2 aromatic carbocycles. The van der Waals surface area contributed by atoms with Crippen LogP contribution in [0.5, 0.6) is 11.5 Å². The number of nitrogens with one attached hydrogen (secondary N) is 1. The van der Waals surface area contributed by atoms with E-state index in [9.17, 15) is 4.79 Å². The summed E-state index contributed by atoms with van der Waals surface area (Å²) in [5, 5.41) is 7.52. The molecule has 2 aromatic heterocycles. The van der Waals surface area contributed by atoms with Crippen LogP contribution in [0.1, 0.15) is 16.1 Å². The standard InChI is InChI=1S/C21H19N5O3S/c1-13-7-8-18(29-3)17(11-13)26-10-9-16(24-26)20(27)23-21-22-19(25-30-21)14-5-4-6-15(12-14)28-2/h4-12H,1-3H3,(H,22,23,25,27). The van der Waals surface area contributed by atoms with Crippen molar-refractivity contribution in [2.75, 3.05) is 19.5 Å². The second-order valence-corrected chi connectivity index (χ2v) is 7.18. The van der Waals surface area contributed by atoms with Gasteiger partial charge in [-0.1, -0.05) is 18.2 Å². The van der Waals surface area contributed by atoms with Crippen molar-refractivity contribution in [3.05, 3.63) is 66.0 Å². The van der Waals surface area contributed by atoms with Gasteiger partial charge in [-0.15, -0.1) is 0 Å². The normalized spacial score (nSPS) is 10.6. The van der Waals surface area contributed by atoms with E-state index in [2.05, 4.69) is 19.8 Å². The number of aryl methyl sites for hydroxylation is 1. The second kappa shape index (κ2) is 8.34. The number of methoxy groups -OCH3 is 2. The smallest absolute Gasteiger partial charge is 0.277 e. The van der Waals surface area contributed by atoms with E-state index < -0.39 is 0 Å². The molecule has 0 saturated heterocycles. The van der Waals surface area contributed by atoms with Crippen molar-refractivity contribution in [2.24, 2.45) is 0 Å². The molecule has 1 amide bonds. The number of benzene rings is 2. The highest BCUT2D eigenvalue weighted by Crippen LogP contribution is 2.26.